The summed E-state index contributed by atoms with van der Waals surface area (Å²) < 4.78 is 0. The summed E-state index contributed by atoms with van der Waals surface area (Å²) in [7, 11) is 11.9. The van der Waals surface area contributed by atoms with Crippen LogP contribution >= 0.6 is 253 Å². The van der Waals surface area contributed by atoms with E-state index < -0.39 is 0 Å². The van der Waals surface area contributed by atoms with Crippen molar-refractivity contribution in [1.82, 2.24) is 53.2 Å². The van der Waals surface area contributed by atoms with Gasteiger partial charge in [-0.05, 0) is 291 Å². The van der Waals surface area contributed by atoms with Gasteiger partial charge in [-0.15, -0.1) is 0 Å². The van der Waals surface area contributed by atoms with E-state index in [1.165, 1.54) is 25.7 Å². The topological polar surface area (TPSA) is 397 Å². The Kier molecular flexibility index (Phi) is 123. The molecule has 0 rings (SSSR count). The van der Waals surface area contributed by atoms with Gasteiger partial charge in [0.05, 0.1) is 24.2 Å². The maximum absolute atomic E-state index is 11.7. The van der Waals surface area contributed by atoms with E-state index in [1.54, 1.807) is 0 Å². The molecule has 728 valence electrons. The molecule has 0 saturated heterocycles. The average Bonchev–Trinajstić information content (AvgIpc) is 0.927. The number of amides is 2. The van der Waals surface area contributed by atoms with Crippen molar-refractivity contribution in [3.05, 3.63) is 0 Å². The standard InChI is InChI=1S/2C13H28N2OS3.2C10H23N3OS3.2C9H22N2S2.2C7H18N2S2/c2*1-3-13(16)12(9-19)15-6-10(7-17)4-5-11(8-18)14-2;2*11-8(5-16)2-1-7(4-15)3-13-9(6-17)10(12)14;2*1-10-5-8(6-12)3-4-9(7-13)11-2;2*8-3-6(4-10)1-2-7(9)5-11/h2*10-12,14-15,17-19H,3-9H2,1-2H3;2*7-9,13,15-17H,1-6,11H2,(H2,12,14);2*8-13H,3-7H2,1-2H3;2*6-7,10-11H,1-5,8-9H2/t2*10-,11-,12+;2*7-,8-,9+;2*8-,9-;2*6-,7-/m10101010/s1. The monoisotopic (exact) mass is 2070 g/mol. The largest absolute Gasteiger partial charge is 0.368 e. The minimum Gasteiger partial charge on any atom is -0.368 e. The molecule has 0 spiro atoms. The Balaban J connectivity index is -0.000000201. The molecule has 0 aliphatic carbocycles. The van der Waals surface area contributed by atoms with E-state index >= 15 is 0 Å². The molecule has 22 nitrogen and oxygen atoms in total. The van der Waals surface area contributed by atoms with Gasteiger partial charge in [0.15, 0.2) is 0 Å². The highest BCUT2D eigenvalue weighted by Gasteiger charge is 2.22. The molecule has 0 fully saturated rings. The van der Waals surface area contributed by atoms with Crippen molar-refractivity contribution in [3.8, 4) is 0 Å². The lowest BCUT2D eigenvalue weighted by Gasteiger charge is -2.22. The second-order valence-corrected chi connectivity index (χ2v) is 37.4. The Labute approximate surface area is 844 Å². The van der Waals surface area contributed by atoms with Crippen molar-refractivity contribution in [2.75, 3.05) is 210 Å². The molecule has 0 aromatic heterocycles. The minimum atomic E-state index is -0.376. The molecule has 0 aromatic rings. The number of rotatable bonds is 72. The SMILES string of the molecule is CCC(=O)[C@@H](CS)NC[C@@H](CS)CC[C@@H](CS)NC.CCC(=O)[C@H](CS)NC[C@H](CS)CC[C@H](CS)NC.CNC[C@@H](CS)CC[C@@H](CS)NC.CNC[C@H](CS)CC[C@H](CS)NC.NC(=O)[C@@H](CS)NC[C@@H](CS)CC[C@H](N)CS.NC(=O)[C@H](CS)NC[C@H](CS)CC[C@@H](N)CS.NC[C@@H](CS)CC[C@H](N)CS.NC[C@H](CS)CC[C@@H](N)CS. The predicted octanol–water partition coefficient (Wildman–Crippen LogP) is 6.44. The number of thiol groups is 20. The normalized spacial score (nSPS) is 16.1. The summed E-state index contributed by atoms with van der Waals surface area (Å²) >= 11 is 84.7. The first-order valence-electron chi connectivity index (χ1n) is 42.5. The summed E-state index contributed by atoms with van der Waals surface area (Å²) in [5.41, 5.74) is 44.4. The number of primary amides is 2. The smallest absolute Gasteiger partial charge is 0.235 e. The van der Waals surface area contributed by atoms with Crippen LogP contribution < -0.4 is 99.0 Å². The predicted molar refractivity (Wildman–Crippen MR) is 604 cm³/mol. The van der Waals surface area contributed by atoms with Crippen LogP contribution in [0.5, 0.6) is 0 Å². The molecule has 0 aliphatic heterocycles. The molecule has 0 aromatic carbocycles. The quantitative estimate of drug-likeness (QED) is 0.0291. The first-order valence-corrected chi connectivity index (χ1v) is 55.2. The third kappa shape index (κ3) is 89.2. The molecular weight excluding hydrogens is 1890 g/mol. The Morgan fingerprint density at radius 3 is 0.567 bits per heavy atom. The fourth-order valence-electron chi connectivity index (χ4n) is 10.7. The van der Waals surface area contributed by atoms with Crippen molar-refractivity contribution in [2.24, 2.45) is 93.2 Å². The van der Waals surface area contributed by atoms with E-state index in [0.29, 0.717) is 145 Å². The number of carbonyl (C=O) groups is 4. The van der Waals surface area contributed by atoms with Crippen molar-refractivity contribution in [3.63, 3.8) is 0 Å². The van der Waals surface area contributed by atoms with E-state index in [2.05, 4.69) is 306 Å². The molecule has 0 radical (unpaired) electrons. The van der Waals surface area contributed by atoms with E-state index in [1.807, 2.05) is 56.1 Å². The molecular formula is C78H182N18O4S20. The Morgan fingerprint density at radius 2 is 0.425 bits per heavy atom. The van der Waals surface area contributed by atoms with Gasteiger partial charge in [-0.3, -0.25) is 19.2 Å². The summed E-state index contributed by atoms with van der Waals surface area (Å²) in [6.07, 6.45) is 18.2. The summed E-state index contributed by atoms with van der Waals surface area (Å²) in [6, 6.07) is 1.66. The average molecular weight is 2080 g/mol. The summed E-state index contributed by atoms with van der Waals surface area (Å²) in [4.78, 5) is 45.3. The third-order valence-electron chi connectivity index (χ3n) is 20.1. The van der Waals surface area contributed by atoms with Gasteiger partial charge in [-0.2, -0.15) is 253 Å². The zero-order valence-corrected chi connectivity index (χ0v) is 92.2. The van der Waals surface area contributed by atoms with Gasteiger partial charge in [-0.1, -0.05) is 13.8 Å². The van der Waals surface area contributed by atoms with Gasteiger partial charge >= 0.3 is 0 Å². The Hall–Kier alpha value is 4.64. The van der Waals surface area contributed by atoms with Crippen LogP contribution in [0, 0.1) is 47.3 Å². The Morgan fingerprint density at radius 1 is 0.242 bits per heavy atom. The molecule has 26 N–H and O–H groups in total. The third-order valence-corrected chi connectivity index (χ3v) is 29.4. The van der Waals surface area contributed by atoms with E-state index in [4.69, 9.17) is 45.9 Å². The number of hydrogen-bond acceptors (Lipinski definition) is 40. The fraction of sp³-hybridized carbons (Fsp3) is 0.949. The molecule has 0 heterocycles. The number of Topliss-reactive ketones (excluding diaryl/α,β-unsaturated/α-hetero) is 2. The van der Waals surface area contributed by atoms with E-state index in [-0.39, 0.29) is 71.7 Å². The number of ketones is 2. The van der Waals surface area contributed by atoms with Crippen LogP contribution in [0.4, 0.5) is 0 Å². The van der Waals surface area contributed by atoms with Gasteiger partial charge in [0.1, 0.15) is 11.6 Å². The zero-order chi connectivity index (χ0) is 93.5. The van der Waals surface area contributed by atoms with Crippen molar-refractivity contribution in [1.29, 1.82) is 0 Å². The van der Waals surface area contributed by atoms with Gasteiger partial charge in [-0.25, -0.2) is 0 Å². The molecule has 120 heavy (non-hydrogen) atoms. The molecule has 20 atom stereocenters. The van der Waals surface area contributed by atoms with Crippen LogP contribution in [0.3, 0.4) is 0 Å². The molecule has 0 bridgehead atoms. The molecule has 0 aliphatic rings. The van der Waals surface area contributed by atoms with Crippen LogP contribution in [0.2, 0.25) is 0 Å². The van der Waals surface area contributed by atoms with Gasteiger partial charge < -0.3 is 99.0 Å². The van der Waals surface area contributed by atoms with Crippen LogP contribution in [-0.2, 0) is 19.2 Å². The number of nitrogens with one attached hydrogen (secondary N) is 10. The van der Waals surface area contributed by atoms with E-state index in [0.717, 1.165) is 184 Å². The highest BCUT2D eigenvalue weighted by molar-refractivity contribution is 7.83. The second-order valence-electron chi connectivity index (χ2n) is 30.1. The fourth-order valence-corrected chi connectivity index (χ4v) is 16.7. The lowest BCUT2D eigenvalue weighted by molar-refractivity contribution is -0.121. The number of nitrogens with two attached hydrogens (primary N) is 8. The van der Waals surface area contributed by atoms with Gasteiger partial charge in [0.25, 0.3) is 0 Å². The number of carbonyl (C=O) groups excluding carboxylic acids is 4. The lowest BCUT2D eigenvalue weighted by atomic mass is 10.0. The van der Waals surface area contributed by atoms with Crippen LogP contribution in [0.15, 0.2) is 0 Å². The minimum absolute atomic E-state index is 0.123. The van der Waals surface area contributed by atoms with Gasteiger partial charge in [0, 0.05) is 130 Å². The van der Waals surface area contributed by atoms with Crippen molar-refractivity contribution < 1.29 is 19.2 Å². The first kappa shape index (κ1) is 140. The molecule has 0 saturated carbocycles. The van der Waals surface area contributed by atoms with Crippen molar-refractivity contribution >= 4 is 276 Å². The summed E-state index contributed by atoms with van der Waals surface area (Å²) in [5, 5.41) is 32.2. The first-order chi connectivity index (χ1) is 57.4. The van der Waals surface area contributed by atoms with E-state index in [9.17, 15) is 19.2 Å². The maximum atomic E-state index is 11.7. The zero-order valence-electron chi connectivity index (χ0n) is 74.3. The summed E-state index contributed by atoms with van der Waals surface area (Å²) in [6.45, 7) is 10.4. The van der Waals surface area contributed by atoms with Gasteiger partial charge in [0.2, 0.25) is 11.8 Å². The highest BCUT2D eigenvalue weighted by Crippen LogP contribution is 2.18. The molecule has 2 amide bonds. The number of hydrogen-bond donors (Lipinski definition) is 38. The lowest BCUT2D eigenvalue weighted by Crippen LogP contribution is -2.45. The summed E-state index contributed by atoms with van der Waals surface area (Å²) in [5.74, 6) is 19.0. The second kappa shape index (κ2) is 106. The molecule has 42 heteroatoms. The highest BCUT2D eigenvalue weighted by atomic mass is 32.1. The maximum Gasteiger partial charge on any atom is 0.235 e. The van der Waals surface area contributed by atoms with Crippen molar-refractivity contribution in [2.45, 2.75) is 202 Å². The van der Waals surface area contributed by atoms with Crippen LogP contribution in [0.1, 0.15) is 129 Å². The van der Waals surface area contributed by atoms with Crippen LogP contribution in [-0.4, -0.2) is 306 Å². The Bertz CT molecular complexity index is 1990. The van der Waals surface area contributed by atoms with Crippen LogP contribution in [0.25, 0.3) is 0 Å². The molecule has 0 unspecified atom stereocenters.